The first-order chi connectivity index (χ1) is 8.63. The monoisotopic (exact) mass is 254 g/mol. The Kier molecular flexibility index (Phi) is 5.08. The SMILES string of the molecule is CCNC1CCC2(CC1)CCN(CC(C)C)CC2.[HH]. The number of nitrogens with one attached hydrogen (secondary N) is 1. The predicted molar refractivity (Wildman–Crippen MR) is 81.0 cm³/mol. The van der Waals surface area contributed by atoms with Gasteiger partial charge in [-0.2, -0.15) is 0 Å². The molecule has 0 bridgehead atoms. The second-order valence-electron chi connectivity index (χ2n) is 7.03. The highest BCUT2D eigenvalue weighted by Gasteiger charge is 2.37. The first-order valence-corrected chi connectivity index (χ1v) is 8.09. The summed E-state index contributed by atoms with van der Waals surface area (Å²) >= 11 is 0. The smallest absolute Gasteiger partial charge is 0.00673 e. The summed E-state index contributed by atoms with van der Waals surface area (Å²) in [5, 5.41) is 3.63. The molecule has 0 unspecified atom stereocenters. The van der Waals surface area contributed by atoms with E-state index in [1.165, 1.54) is 58.2 Å². The first kappa shape index (κ1) is 14.3. The van der Waals surface area contributed by atoms with Crippen molar-refractivity contribution in [1.82, 2.24) is 10.2 Å². The van der Waals surface area contributed by atoms with Gasteiger partial charge in [0.05, 0.1) is 0 Å². The number of piperidine rings is 1. The van der Waals surface area contributed by atoms with Gasteiger partial charge in [0, 0.05) is 14.0 Å². The molecule has 0 radical (unpaired) electrons. The molecule has 0 aromatic rings. The van der Waals surface area contributed by atoms with E-state index >= 15 is 0 Å². The average Bonchev–Trinajstić information content (AvgIpc) is 2.35. The Morgan fingerprint density at radius 2 is 1.78 bits per heavy atom. The van der Waals surface area contributed by atoms with E-state index in [0.717, 1.165) is 23.9 Å². The molecule has 2 rings (SSSR count). The van der Waals surface area contributed by atoms with Gasteiger partial charge >= 0.3 is 0 Å². The van der Waals surface area contributed by atoms with Gasteiger partial charge in [-0.15, -0.1) is 0 Å². The van der Waals surface area contributed by atoms with Gasteiger partial charge in [0.2, 0.25) is 0 Å². The van der Waals surface area contributed by atoms with Crippen molar-refractivity contribution in [3.63, 3.8) is 0 Å². The molecular weight excluding hydrogens is 220 g/mol. The van der Waals surface area contributed by atoms with Crippen LogP contribution in [0.4, 0.5) is 0 Å². The molecule has 108 valence electrons. The van der Waals surface area contributed by atoms with Gasteiger partial charge in [-0.25, -0.2) is 0 Å². The van der Waals surface area contributed by atoms with Crippen molar-refractivity contribution in [2.24, 2.45) is 11.3 Å². The zero-order valence-corrected chi connectivity index (χ0v) is 12.7. The van der Waals surface area contributed by atoms with Crippen LogP contribution < -0.4 is 5.32 Å². The highest BCUT2D eigenvalue weighted by atomic mass is 15.1. The van der Waals surface area contributed by atoms with Crippen LogP contribution in [-0.4, -0.2) is 37.1 Å². The van der Waals surface area contributed by atoms with Crippen LogP contribution in [0.1, 0.15) is 60.7 Å². The summed E-state index contributed by atoms with van der Waals surface area (Å²) in [5.74, 6) is 0.823. The highest BCUT2D eigenvalue weighted by molar-refractivity contribution is 4.91. The maximum Gasteiger partial charge on any atom is 0.00673 e. The summed E-state index contributed by atoms with van der Waals surface area (Å²) in [6.45, 7) is 12.1. The van der Waals surface area contributed by atoms with Gasteiger partial charge in [0.25, 0.3) is 0 Å². The van der Waals surface area contributed by atoms with Gasteiger partial charge in [-0.3, -0.25) is 0 Å². The largest absolute Gasteiger partial charge is 0.314 e. The summed E-state index contributed by atoms with van der Waals surface area (Å²) in [7, 11) is 0. The molecule has 2 aliphatic rings. The molecular formula is C16H34N2. The fraction of sp³-hybridized carbons (Fsp3) is 1.00. The summed E-state index contributed by atoms with van der Waals surface area (Å²) in [6, 6.07) is 0.814. The Balaban J connectivity index is 0.00000180. The van der Waals surface area contributed by atoms with Crippen LogP contribution in [0, 0.1) is 11.3 Å². The van der Waals surface area contributed by atoms with Crippen LogP contribution in [0.3, 0.4) is 0 Å². The Bertz CT molecular complexity index is 237. The van der Waals surface area contributed by atoms with E-state index in [4.69, 9.17) is 0 Å². The van der Waals surface area contributed by atoms with Crippen molar-refractivity contribution in [2.75, 3.05) is 26.2 Å². The molecule has 1 N–H and O–H groups in total. The van der Waals surface area contributed by atoms with Crippen molar-refractivity contribution in [3.8, 4) is 0 Å². The van der Waals surface area contributed by atoms with E-state index in [0.29, 0.717) is 0 Å². The molecule has 18 heavy (non-hydrogen) atoms. The third-order valence-corrected chi connectivity index (χ3v) is 5.08. The maximum absolute atomic E-state index is 3.63. The fourth-order valence-corrected chi connectivity index (χ4v) is 3.95. The molecule has 0 aromatic carbocycles. The summed E-state index contributed by atoms with van der Waals surface area (Å²) in [4.78, 5) is 2.69. The summed E-state index contributed by atoms with van der Waals surface area (Å²) < 4.78 is 0. The second-order valence-corrected chi connectivity index (χ2v) is 7.03. The summed E-state index contributed by atoms with van der Waals surface area (Å²) in [6.07, 6.45) is 8.69. The quantitative estimate of drug-likeness (QED) is 0.826. The minimum absolute atomic E-state index is 0. The second kappa shape index (κ2) is 6.38. The number of hydrogen-bond donors (Lipinski definition) is 1. The zero-order chi connectivity index (χ0) is 13.0. The topological polar surface area (TPSA) is 15.3 Å². The van der Waals surface area contributed by atoms with Gasteiger partial charge in [-0.1, -0.05) is 20.8 Å². The van der Waals surface area contributed by atoms with E-state index in [1.54, 1.807) is 0 Å². The first-order valence-electron chi connectivity index (χ1n) is 8.09. The van der Waals surface area contributed by atoms with E-state index < -0.39 is 0 Å². The van der Waals surface area contributed by atoms with Crippen molar-refractivity contribution in [2.45, 2.75) is 65.3 Å². The zero-order valence-electron chi connectivity index (χ0n) is 12.7. The van der Waals surface area contributed by atoms with Crippen molar-refractivity contribution < 1.29 is 1.43 Å². The van der Waals surface area contributed by atoms with Crippen LogP contribution in [0.25, 0.3) is 0 Å². The third-order valence-electron chi connectivity index (χ3n) is 5.08. The predicted octanol–water partition coefficient (Wildman–Crippen LogP) is 3.52. The van der Waals surface area contributed by atoms with E-state index in [-0.39, 0.29) is 1.43 Å². The fourth-order valence-electron chi connectivity index (χ4n) is 3.95. The van der Waals surface area contributed by atoms with Gasteiger partial charge in [0.1, 0.15) is 0 Å². The van der Waals surface area contributed by atoms with Crippen molar-refractivity contribution in [3.05, 3.63) is 0 Å². The molecule has 1 spiro atoms. The lowest BCUT2D eigenvalue weighted by Crippen LogP contribution is -2.45. The molecule has 1 heterocycles. The Morgan fingerprint density at radius 3 is 2.28 bits per heavy atom. The van der Waals surface area contributed by atoms with E-state index in [9.17, 15) is 0 Å². The lowest BCUT2D eigenvalue weighted by molar-refractivity contribution is 0.0539. The highest BCUT2D eigenvalue weighted by Crippen LogP contribution is 2.44. The lowest BCUT2D eigenvalue weighted by atomic mass is 9.67. The normalized spacial score (nSPS) is 26.0. The van der Waals surface area contributed by atoms with Crippen LogP contribution in [-0.2, 0) is 0 Å². The van der Waals surface area contributed by atoms with E-state index in [2.05, 4.69) is 31.0 Å². The minimum Gasteiger partial charge on any atom is -0.314 e. The Labute approximate surface area is 115 Å². The number of hydrogen-bond acceptors (Lipinski definition) is 2. The molecule has 1 saturated carbocycles. The number of likely N-dealkylation sites (tertiary alicyclic amines) is 1. The Morgan fingerprint density at radius 1 is 1.17 bits per heavy atom. The molecule has 0 aromatic heterocycles. The molecule has 0 atom stereocenters. The van der Waals surface area contributed by atoms with Gasteiger partial charge < -0.3 is 10.2 Å². The van der Waals surface area contributed by atoms with Crippen LogP contribution in [0.2, 0.25) is 0 Å². The van der Waals surface area contributed by atoms with Gasteiger partial charge in [0.15, 0.2) is 0 Å². The molecule has 1 aliphatic heterocycles. The Hall–Kier alpha value is -0.0800. The number of nitrogens with zero attached hydrogens (tertiary/aromatic N) is 1. The molecule has 2 nitrogen and oxygen atoms in total. The standard InChI is InChI=1S/C16H32N2.H2/c1-4-17-15-5-7-16(8-6-15)9-11-18(12-10-16)13-14(2)3;/h14-15,17H,4-13H2,1-3H3;1H. The van der Waals surface area contributed by atoms with Crippen LogP contribution >= 0.6 is 0 Å². The summed E-state index contributed by atoms with van der Waals surface area (Å²) in [5.41, 5.74) is 0.722. The average molecular weight is 254 g/mol. The van der Waals surface area contributed by atoms with E-state index in [1.807, 2.05) is 0 Å². The van der Waals surface area contributed by atoms with Gasteiger partial charge in [-0.05, 0) is 69.5 Å². The van der Waals surface area contributed by atoms with Crippen molar-refractivity contribution in [1.29, 1.82) is 0 Å². The van der Waals surface area contributed by atoms with Crippen LogP contribution in [0.5, 0.6) is 0 Å². The van der Waals surface area contributed by atoms with Crippen LogP contribution in [0.15, 0.2) is 0 Å². The minimum atomic E-state index is 0. The maximum atomic E-state index is 3.63. The molecule has 0 amide bonds. The lowest BCUT2D eigenvalue weighted by Gasteiger charge is -2.46. The third kappa shape index (κ3) is 3.71. The molecule has 1 aliphatic carbocycles. The van der Waals surface area contributed by atoms with Crippen molar-refractivity contribution >= 4 is 0 Å². The molecule has 2 fully saturated rings. The molecule has 1 saturated heterocycles. The number of rotatable bonds is 4. The molecule has 2 heteroatoms.